The van der Waals surface area contributed by atoms with E-state index >= 15 is 0 Å². The molecule has 0 fully saturated rings. The minimum Gasteiger partial charge on any atom is -0.492 e. The summed E-state index contributed by atoms with van der Waals surface area (Å²) in [4.78, 5) is 10.3. The van der Waals surface area contributed by atoms with Gasteiger partial charge in [-0.25, -0.2) is 0 Å². The van der Waals surface area contributed by atoms with Crippen molar-refractivity contribution in [2.75, 3.05) is 19.7 Å². The smallest absolute Gasteiger partial charge is 0.317 e. The summed E-state index contributed by atoms with van der Waals surface area (Å²) < 4.78 is 5.49. The number of aryl methyl sites for hydroxylation is 1. The van der Waals surface area contributed by atoms with Gasteiger partial charge in [0, 0.05) is 6.54 Å². The molecule has 1 aromatic carbocycles. The Labute approximate surface area is 108 Å². The quantitative estimate of drug-likeness (QED) is 0.660. The molecule has 0 saturated carbocycles. The number of carbonyl (C=O) groups is 1. The Balaban J connectivity index is 2.20. The summed E-state index contributed by atoms with van der Waals surface area (Å²) in [6, 6.07) is 8.08. The Bertz CT molecular complexity index is 349. The first-order chi connectivity index (χ1) is 8.72. The highest BCUT2D eigenvalue weighted by molar-refractivity contribution is 5.68. The topological polar surface area (TPSA) is 58.6 Å². The van der Waals surface area contributed by atoms with Crippen LogP contribution in [0.5, 0.6) is 5.75 Å². The van der Waals surface area contributed by atoms with Crippen molar-refractivity contribution in [3.8, 4) is 5.75 Å². The Hall–Kier alpha value is -1.55. The fourth-order valence-electron chi connectivity index (χ4n) is 1.57. The minimum absolute atomic E-state index is 0.0285. The number of carboxylic acid groups (broad SMARTS) is 1. The molecular formula is C14H21NO3. The predicted octanol–water partition coefficient (Wildman–Crippen LogP) is 2.08. The third kappa shape index (κ3) is 6.25. The second kappa shape index (κ2) is 8.53. The molecule has 18 heavy (non-hydrogen) atoms. The van der Waals surface area contributed by atoms with E-state index in [9.17, 15) is 4.79 Å². The van der Waals surface area contributed by atoms with Crippen LogP contribution < -0.4 is 10.1 Å². The van der Waals surface area contributed by atoms with E-state index in [4.69, 9.17) is 9.84 Å². The van der Waals surface area contributed by atoms with Gasteiger partial charge < -0.3 is 15.2 Å². The van der Waals surface area contributed by atoms with E-state index in [0.29, 0.717) is 13.2 Å². The van der Waals surface area contributed by atoms with Gasteiger partial charge in [0.25, 0.3) is 0 Å². The molecule has 1 aromatic rings. The third-order valence-electron chi connectivity index (χ3n) is 2.57. The van der Waals surface area contributed by atoms with Crippen molar-refractivity contribution in [1.29, 1.82) is 0 Å². The molecule has 0 aliphatic rings. The van der Waals surface area contributed by atoms with E-state index in [1.165, 1.54) is 18.4 Å². The zero-order valence-electron chi connectivity index (χ0n) is 10.8. The summed E-state index contributed by atoms with van der Waals surface area (Å²) in [5.74, 6) is -0.0253. The molecule has 0 bridgehead atoms. The van der Waals surface area contributed by atoms with Crippen LogP contribution in [0.2, 0.25) is 0 Å². The van der Waals surface area contributed by atoms with Crippen LogP contribution in [-0.2, 0) is 11.2 Å². The first kappa shape index (κ1) is 14.5. The largest absolute Gasteiger partial charge is 0.492 e. The summed E-state index contributed by atoms with van der Waals surface area (Å²) >= 11 is 0. The summed E-state index contributed by atoms with van der Waals surface area (Å²) in [6.45, 7) is 3.16. The van der Waals surface area contributed by atoms with E-state index < -0.39 is 5.97 Å². The van der Waals surface area contributed by atoms with Crippen LogP contribution in [0.3, 0.4) is 0 Å². The van der Waals surface area contributed by atoms with Crippen molar-refractivity contribution in [2.24, 2.45) is 0 Å². The molecule has 0 aliphatic heterocycles. The van der Waals surface area contributed by atoms with Crippen molar-refractivity contribution in [2.45, 2.75) is 26.2 Å². The average Bonchev–Trinajstić information content (AvgIpc) is 2.37. The molecule has 0 spiro atoms. The number of aliphatic carboxylic acids is 1. The van der Waals surface area contributed by atoms with Crippen molar-refractivity contribution in [1.82, 2.24) is 5.32 Å². The Kier molecular flexibility index (Phi) is 6.87. The van der Waals surface area contributed by atoms with Gasteiger partial charge in [0.15, 0.2) is 0 Å². The van der Waals surface area contributed by atoms with E-state index in [1.54, 1.807) is 0 Å². The van der Waals surface area contributed by atoms with E-state index in [0.717, 1.165) is 12.2 Å². The van der Waals surface area contributed by atoms with E-state index in [-0.39, 0.29) is 6.54 Å². The maximum absolute atomic E-state index is 10.3. The number of unbranched alkanes of at least 4 members (excludes halogenated alkanes) is 1. The van der Waals surface area contributed by atoms with Gasteiger partial charge in [-0.1, -0.05) is 25.5 Å². The van der Waals surface area contributed by atoms with Gasteiger partial charge >= 0.3 is 5.97 Å². The molecule has 0 amide bonds. The fourth-order valence-corrected chi connectivity index (χ4v) is 1.57. The fraction of sp³-hybridized carbons (Fsp3) is 0.500. The maximum atomic E-state index is 10.3. The summed E-state index contributed by atoms with van der Waals surface area (Å²) in [5, 5.41) is 11.2. The first-order valence-corrected chi connectivity index (χ1v) is 6.36. The lowest BCUT2D eigenvalue weighted by Crippen LogP contribution is -2.26. The van der Waals surface area contributed by atoms with Gasteiger partial charge in [0.1, 0.15) is 12.4 Å². The van der Waals surface area contributed by atoms with Crippen LogP contribution in [0, 0.1) is 0 Å². The van der Waals surface area contributed by atoms with Crippen LogP contribution in [0.15, 0.2) is 24.3 Å². The number of benzene rings is 1. The van der Waals surface area contributed by atoms with Crippen LogP contribution in [0.4, 0.5) is 0 Å². The molecule has 2 N–H and O–H groups in total. The molecule has 100 valence electrons. The van der Waals surface area contributed by atoms with Gasteiger partial charge in [-0.05, 0) is 30.5 Å². The molecule has 4 heteroatoms. The van der Waals surface area contributed by atoms with Gasteiger partial charge in [-0.15, -0.1) is 0 Å². The van der Waals surface area contributed by atoms with Crippen molar-refractivity contribution < 1.29 is 14.6 Å². The lowest BCUT2D eigenvalue weighted by molar-refractivity contribution is -0.135. The molecule has 0 aliphatic carbocycles. The Morgan fingerprint density at radius 1 is 1.33 bits per heavy atom. The zero-order valence-corrected chi connectivity index (χ0v) is 10.8. The standard InChI is InChI=1S/C14H21NO3/c1-2-3-4-12-5-7-13(8-6-12)18-10-9-15-11-14(16)17/h5-8,15H,2-4,9-11H2,1H3,(H,16,17). The maximum Gasteiger partial charge on any atom is 0.317 e. The van der Waals surface area contributed by atoms with Gasteiger partial charge in [-0.2, -0.15) is 0 Å². The second-order valence-corrected chi connectivity index (χ2v) is 4.17. The monoisotopic (exact) mass is 251 g/mol. The lowest BCUT2D eigenvalue weighted by atomic mass is 10.1. The average molecular weight is 251 g/mol. The second-order valence-electron chi connectivity index (χ2n) is 4.17. The Morgan fingerprint density at radius 3 is 2.67 bits per heavy atom. The number of nitrogens with one attached hydrogen (secondary N) is 1. The van der Waals surface area contributed by atoms with Crippen LogP contribution in [0.1, 0.15) is 25.3 Å². The molecule has 0 heterocycles. The van der Waals surface area contributed by atoms with Crippen LogP contribution in [-0.4, -0.2) is 30.8 Å². The number of carboxylic acids is 1. The highest BCUT2D eigenvalue weighted by atomic mass is 16.5. The highest BCUT2D eigenvalue weighted by Crippen LogP contribution is 2.13. The number of rotatable bonds is 9. The SMILES string of the molecule is CCCCc1ccc(OCCNCC(=O)O)cc1. The van der Waals surface area contributed by atoms with Crippen molar-refractivity contribution in [3.63, 3.8) is 0 Å². The van der Waals surface area contributed by atoms with E-state index in [1.807, 2.05) is 12.1 Å². The number of ether oxygens (including phenoxy) is 1. The summed E-state index contributed by atoms with van der Waals surface area (Å²) in [5.41, 5.74) is 1.33. The Morgan fingerprint density at radius 2 is 2.06 bits per heavy atom. The molecule has 4 nitrogen and oxygen atoms in total. The highest BCUT2D eigenvalue weighted by Gasteiger charge is 1.97. The predicted molar refractivity (Wildman–Crippen MR) is 71.1 cm³/mol. The van der Waals surface area contributed by atoms with E-state index in [2.05, 4.69) is 24.4 Å². The van der Waals surface area contributed by atoms with Gasteiger partial charge in [0.2, 0.25) is 0 Å². The zero-order chi connectivity index (χ0) is 13.2. The summed E-state index contributed by atoms with van der Waals surface area (Å²) in [6.07, 6.45) is 3.52. The normalized spacial score (nSPS) is 10.3. The molecular weight excluding hydrogens is 230 g/mol. The summed E-state index contributed by atoms with van der Waals surface area (Å²) in [7, 11) is 0. The molecule has 0 saturated heterocycles. The van der Waals surface area contributed by atoms with Gasteiger partial charge in [0.05, 0.1) is 6.54 Å². The lowest BCUT2D eigenvalue weighted by Gasteiger charge is -2.07. The third-order valence-corrected chi connectivity index (χ3v) is 2.57. The first-order valence-electron chi connectivity index (χ1n) is 6.36. The van der Waals surface area contributed by atoms with Gasteiger partial charge in [-0.3, -0.25) is 4.79 Å². The van der Waals surface area contributed by atoms with Crippen molar-refractivity contribution in [3.05, 3.63) is 29.8 Å². The molecule has 0 aromatic heterocycles. The minimum atomic E-state index is -0.852. The number of hydrogen-bond donors (Lipinski definition) is 2. The number of hydrogen-bond acceptors (Lipinski definition) is 3. The molecule has 0 radical (unpaired) electrons. The van der Waals surface area contributed by atoms with Crippen LogP contribution >= 0.6 is 0 Å². The van der Waals surface area contributed by atoms with Crippen molar-refractivity contribution >= 4 is 5.97 Å². The van der Waals surface area contributed by atoms with Crippen LogP contribution in [0.25, 0.3) is 0 Å². The molecule has 0 atom stereocenters. The molecule has 1 rings (SSSR count). The molecule has 0 unspecified atom stereocenters.